The number of hydrogen-bond donors (Lipinski definition) is 4. The van der Waals surface area contributed by atoms with Crippen LogP contribution in [0.25, 0.3) is 11.0 Å². The molecule has 1 saturated heterocycles. The second kappa shape index (κ2) is 4.35. The first-order valence-electron chi connectivity index (χ1n) is 6.07. The lowest BCUT2D eigenvalue weighted by Crippen LogP contribution is -2.44. The van der Waals surface area contributed by atoms with Crippen molar-refractivity contribution in [3.05, 3.63) is 12.5 Å². The Kier molecular flexibility index (Phi) is 2.87. The molecule has 0 amide bonds. The predicted octanol–water partition coefficient (Wildman–Crippen LogP) is -1.59. The van der Waals surface area contributed by atoms with Crippen LogP contribution in [-0.4, -0.2) is 59.5 Å². The number of anilines is 1. The fourth-order valence-electron chi connectivity index (χ4n) is 2.40. The van der Waals surface area contributed by atoms with Crippen molar-refractivity contribution in [1.82, 2.24) is 19.7 Å². The minimum absolute atomic E-state index is 0.262. The molecule has 2 aromatic rings. The summed E-state index contributed by atoms with van der Waals surface area (Å²) in [7, 11) is 0. The summed E-state index contributed by atoms with van der Waals surface area (Å²) >= 11 is 0. The predicted molar refractivity (Wildman–Crippen MR) is 67.4 cm³/mol. The lowest BCUT2D eigenvalue weighted by Gasteiger charge is -2.26. The molecule has 0 saturated carbocycles. The molecule has 4 atom stereocenters. The molecular formula is C11H15N5O4. The van der Waals surface area contributed by atoms with E-state index < -0.39 is 30.6 Å². The van der Waals surface area contributed by atoms with E-state index in [9.17, 15) is 10.2 Å². The molecule has 0 spiro atoms. The highest BCUT2D eigenvalue weighted by Crippen LogP contribution is 2.39. The lowest BCUT2D eigenvalue weighted by atomic mass is 9.97. The van der Waals surface area contributed by atoms with E-state index in [1.54, 1.807) is 0 Å². The van der Waals surface area contributed by atoms with Gasteiger partial charge in [-0.05, 0) is 6.92 Å². The van der Waals surface area contributed by atoms with Crippen LogP contribution >= 0.6 is 0 Å². The van der Waals surface area contributed by atoms with Crippen molar-refractivity contribution < 1.29 is 20.1 Å². The van der Waals surface area contributed by atoms with Crippen molar-refractivity contribution in [3.63, 3.8) is 0 Å². The molecule has 108 valence electrons. The quantitative estimate of drug-likeness (QED) is 0.516. The Hall–Kier alpha value is -1.81. The molecule has 0 radical (unpaired) electrons. The van der Waals surface area contributed by atoms with E-state index in [1.165, 1.54) is 24.1 Å². The molecule has 0 aliphatic carbocycles. The lowest BCUT2D eigenvalue weighted by molar-refractivity contribution is -0.100. The standard InChI is InChI=1S/C11H15N5O4/c1-11(19)7(18)6(3-17)20-10(11)16-9-5(2-15-16)8(12)13-4-14-9/h2,4,6-7,10,17-19H,3H2,1H3,(H2,12,13,14)/t6-,7-,10?,11-/m1/s1. The van der Waals surface area contributed by atoms with Crippen molar-refractivity contribution in [2.24, 2.45) is 0 Å². The molecule has 0 bridgehead atoms. The summed E-state index contributed by atoms with van der Waals surface area (Å²) < 4.78 is 6.81. The maximum atomic E-state index is 10.4. The molecule has 3 heterocycles. The topological polar surface area (TPSA) is 140 Å². The van der Waals surface area contributed by atoms with Crippen molar-refractivity contribution in [2.45, 2.75) is 31.0 Å². The summed E-state index contributed by atoms with van der Waals surface area (Å²) in [5.74, 6) is 0.262. The van der Waals surface area contributed by atoms with Crippen LogP contribution < -0.4 is 5.73 Å². The number of hydrogen-bond acceptors (Lipinski definition) is 8. The average molecular weight is 281 g/mol. The summed E-state index contributed by atoms with van der Waals surface area (Å²) in [5, 5.41) is 34.2. The third-order valence-electron chi connectivity index (χ3n) is 3.58. The second-order valence-corrected chi connectivity index (χ2v) is 4.97. The van der Waals surface area contributed by atoms with Gasteiger partial charge in [-0.1, -0.05) is 0 Å². The molecule has 20 heavy (non-hydrogen) atoms. The van der Waals surface area contributed by atoms with Crippen molar-refractivity contribution in [3.8, 4) is 0 Å². The first kappa shape index (κ1) is 13.2. The van der Waals surface area contributed by atoms with Crippen LogP contribution in [0.3, 0.4) is 0 Å². The van der Waals surface area contributed by atoms with Gasteiger partial charge in [0, 0.05) is 0 Å². The number of nitrogen functional groups attached to an aromatic ring is 1. The SMILES string of the molecule is C[C@]1(O)C(n2ncc3c(N)ncnc32)O[C@H](CO)[C@H]1O. The van der Waals surface area contributed by atoms with Crippen molar-refractivity contribution in [1.29, 1.82) is 0 Å². The Bertz CT molecular complexity index is 643. The largest absolute Gasteiger partial charge is 0.394 e. The smallest absolute Gasteiger partial charge is 0.183 e. The zero-order valence-corrected chi connectivity index (χ0v) is 10.7. The fraction of sp³-hybridized carbons (Fsp3) is 0.545. The number of aliphatic hydroxyl groups is 3. The molecule has 1 fully saturated rings. The van der Waals surface area contributed by atoms with Crippen LogP contribution in [0.1, 0.15) is 13.2 Å². The van der Waals surface area contributed by atoms with E-state index in [2.05, 4.69) is 15.1 Å². The number of nitrogens with two attached hydrogens (primary N) is 1. The van der Waals surface area contributed by atoms with Crippen molar-refractivity contribution >= 4 is 16.9 Å². The maximum absolute atomic E-state index is 10.4. The van der Waals surface area contributed by atoms with Crippen LogP contribution in [0.2, 0.25) is 0 Å². The maximum Gasteiger partial charge on any atom is 0.183 e. The zero-order chi connectivity index (χ0) is 14.5. The third kappa shape index (κ3) is 1.68. The summed E-state index contributed by atoms with van der Waals surface area (Å²) in [6.45, 7) is 1.00. The number of fused-ring (bicyclic) bond motifs is 1. The number of aromatic nitrogens is 4. The van der Waals surface area contributed by atoms with Gasteiger partial charge in [0.05, 0.1) is 18.2 Å². The van der Waals surface area contributed by atoms with Gasteiger partial charge in [0.2, 0.25) is 0 Å². The molecule has 1 aliphatic heterocycles. The summed E-state index contributed by atoms with van der Waals surface area (Å²) in [4.78, 5) is 7.91. The van der Waals surface area contributed by atoms with Crippen molar-refractivity contribution in [2.75, 3.05) is 12.3 Å². The first-order chi connectivity index (χ1) is 9.46. The number of rotatable bonds is 2. The normalized spacial score (nSPS) is 33.9. The molecular weight excluding hydrogens is 266 g/mol. The van der Waals surface area contributed by atoms with Gasteiger partial charge >= 0.3 is 0 Å². The van der Waals surface area contributed by atoms with E-state index in [4.69, 9.17) is 15.6 Å². The Morgan fingerprint density at radius 2 is 2.25 bits per heavy atom. The van der Waals surface area contributed by atoms with E-state index in [1.807, 2.05) is 0 Å². The molecule has 1 unspecified atom stereocenters. The molecule has 9 heteroatoms. The molecule has 5 N–H and O–H groups in total. The third-order valence-corrected chi connectivity index (χ3v) is 3.58. The first-order valence-corrected chi connectivity index (χ1v) is 6.07. The second-order valence-electron chi connectivity index (χ2n) is 4.97. The minimum atomic E-state index is -1.62. The highest BCUT2D eigenvalue weighted by molar-refractivity contribution is 5.84. The Labute approximate surface area is 113 Å². The van der Waals surface area contributed by atoms with Gasteiger partial charge in [-0.2, -0.15) is 5.10 Å². The number of aliphatic hydroxyl groups excluding tert-OH is 2. The van der Waals surface area contributed by atoms with Gasteiger partial charge in [0.25, 0.3) is 0 Å². The van der Waals surface area contributed by atoms with Gasteiger partial charge in [-0.15, -0.1) is 0 Å². The van der Waals surface area contributed by atoms with E-state index in [0.717, 1.165) is 0 Å². The fourth-order valence-corrected chi connectivity index (χ4v) is 2.40. The summed E-state index contributed by atoms with van der Waals surface area (Å²) in [5.41, 5.74) is 4.48. The molecule has 1 aliphatic rings. The Morgan fingerprint density at radius 3 is 2.90 bits per heavy atom. The monoisotopic (exact) mass is 281 g/mol. The molecule has 2 aromatic heterocycles. The summed E-state index contributed by atoms with van der Waals surface area (Å²) in [6, 6.07) is 0. The Morgan fingerprint density at radius 1 is 1.50 bits per heavy atom. The molecule has 3 rings (SSSR count). The van der Waals surface area contributed by atoms with Gasteiger partial charge < -0.3 is 25.8 Å². The van der Waals surface area contributed by atoms with Crippen LogP contribution in [0, 0.1) is 0 Å². The number of nitrogens with zero attached hydrogens (tertiary/aromatic N) is 4. The van der Waals surface area contributed by atoms with Crippen LogP contribution in [0.5, 0.6) is 0 Å². The zero-order valence-electron chi connectivity index (χ0n) is 10.7. The summed E-state index contributed by atoms with van der Waals surface area (Å²) in [6.07, 6.45) is -0.381. The average Bonchev–Trinajstić information content (AvgIpc) is 2.92. The minimum Gasteiger partial charge on any atom is -0.394 e. The van der Waals surface area contributed by atoms with E-state index in [-0.39, 0.29) is 5.82 Å². The Balaban J connectivity index is 2.10. The molecule has 9 nitrogen and oxygen atoms in total. The highest BCUT2D eigenvalue weighted by Gasteiger charge is 2.53. The van der Waals surface area contributed by atoms with Gasteiger partial charge in [0.1, 0.15) is 30.0 Å². The van der Waals surface area contributed by atoms with E-state index >= 15 is 0 Å². The molecule has 0 aromatic carbocycles. The highest BCUT2D eigenvalue weighted by atomic mass is 16.6. The van der Waals surface area contributed by atoms with Gasteiger partial charge in [0.15, 0.2) is 11.9 Å². The van der Waals surface area contributed by atoms with Crippen LogP contribution in [0.4, 0.5) is 5.82 Å². The number of ether oxygens (including phenoxy) is 1. The van der Waals surface area contributed by atoms with Gasteiger partial charge in [-0.3, -0.25) is 0 Å². The van der Waals surface area contributed by atoms with Gasteiger partial charge in [-0.25, -0.2) is 14.6 Å². The van der Waals surface area contributed by atoms with Crippen LogP contribution in [-0.2, 0) is 4.74 Å². The van der Waals surface area contributed by atoms with E-state index in [0.29, 0.717) is 11.0 Å². The van der Waals surface area contributed by atoms with Crippen LogP contribution in [0.15, 0.2) is 12.5 Å².